The van der Waals surface area contributed by atoms with Gasteiger partial charge in [0.1, 0.15) is 0 Å². The molecule has 1 nitrogen and oxygen atoms in total. The van der Waals surface area contributed by atoms with Crippen molar-refractivity contribution in [3.63, 3.8) is 0 Å². The molecule has 0 saturated heterocycles. The van der Waals surface area contributed by atoms with E-state index in [0.29, 0.717) is 6.04 Å². The summed E-state index contributed by atoms with van der Waals surface area (Å²) in [5.41, 5.74) is 6.10. The van der Waals surface area contributed by atoms with Crippen LogP contribution >= 0.6 is 0 Å². The zero-order valence-corrected chi connectivity index (χ0v) is 9.71. The first-order valence-electron chi connectivity index (χ1n) is 6.44. The maximum absolute atomic E-state index is 6.10. The highest BCUT2D eigenvalue weighted by molar-refractivity contribution is 4.89. The third-order valence-electron chi connectivity index (χ3n) is 4.85. The Morgan fingerprint density at radius 1 is 0.857 bits per heavy atom. The molecular formula is C13H25N. The van der Waals surface area contributed by atoms with Gasteiger partial charge in [-0.25, -0.2) is 0 Å². The van der Waals surface area contributed by atoms with Crippen LogP contribution in [-0.4, -0.2) is 6.04 Å². The zero-order chi connectivity index (χ0) is 10.1. The van der Waals surface area contributed by atoms with E-state index in [0.717, 1.165) is 23.7 Å². The molecule has 2 fully saturated rings. The minimum absolute atomic E-state index is 0.499. The largest absolute Gasteiger partial charge is 0.327 e. The lowest BCUT2D eigenvalue weighted by Gasteiger charge is -2.33. The average Bonchev–Trinajstić information content (AvgIpc) is 2.50. The van der Waals surface area contributed by atoms with Crippen molar-refractivity contribution in [2.75, 3.05) is 0 Å². The van der Waals surface area contributed by atoms with Gasteiger partial charge in [-0.3, -0.25) is 0 Å². The molecule has 2 saturated carbocycles. The fourth-order valence-electron chi connectivity index (χ4n) is 3.61. The molecule has 2 rings (SSSR count). The van der Waals surface area contributed by atoms with E-state index in [4.69, 9.17) is 5.73 Å². The second-order valence-electron chi connectivity index (χ2n) is 5.78. The van der Waals surface area contributed by atoms with Crippen LogP contribution in [0, 0.1) is 23.7 Å². The standard InChI is InChI=1S/C13H25N/c1-9-3-5-11(6-4-9)12-7-8-13(14)10(12)2/h9-13H,3-8,14H2,1-2H3. The maximum atomic E-state index is 6.10. The maximum Gasteiger partial charge on any atom is 0.00673 e. The molecule has 0 spiro atoms. The SMILES string of the molecule is CC1CCC(C2CCC(N)C2C)CC1. The van der Waals surface area contributed by atoms with Gasteiger partial charge in [0.15, 0.2) is 0 Å². The highest BCUT2D eigenvalue weighted by Gasteiger charge is 2.36. The van der Waals surface area contributed by atoms with Crippen LogP contribution in [-0.2, 0) is 0 Å². The third kappa shape index (κ3) is 1.98. The van der Waals surface area contributed by atoms with Gasteiger partial charge < -0.3 is 5.73 Å². The van der Waals surface area contributed by atoms with Gasteiger partial charge in [-0.1, -0.05) is 26.7 Å². The molecule has 0 aromatic heterocycles. The van der Waals surface area contributed by atoms with Crippen LogP contribution in [0.15, 0.2) is 0 Å². The summed E-state index contributed by atoms with van der Waals surface area (Å²) in [6, 6.07) is 0.499. The Bertz CT molecular complexity index is 182. The van der Waals surface area contributed by atoms with E-state index in [1.807, 2.05) is 0 Å². The van der Waals surface area contributed by atoms with E-state index in [-0.39, 0.29) is 0 Å². The van der Waals surface area contributed by atoms with Gasteiger partial charge in [0.2, 0.25) is 0 Å². The molecule has 1 heteroatoms. The lowest BCUT2D eigenvalue weighted by atomic mass is 9.73. The fourth-order valence-corrected chi connectivity index (χ4v) is 3.61. The molecule has 0 aliphatic heterocycles. The first-order valence-corrected chi connectivity index (χ1v) is 6.44. The van der Waals surface area contributed by atoms with Gasteiger partial charge in [0.05, 0.1) is 0 Å². The number of hydrogen-bond donors (Lipinski definition) is 1. The van der Waals surface area contributed by atoms with E-state index in [2.05, 4.69) is 13.8 Å². The quantitative estimate of drug-likeness (QED) is 0.683. The third-order valence-corrected chi connectivity index (χ3v) is 4.85. The van der Waals surface area contributed by atoms with Gasteiger partial charge in [-0.15, -0.1) is 0 Å². The zero-order valence-electron chi connectivity index (χ0n) is 9.71. The minimum Gasteiger partial charge on any atom is -0.327 e. The molecule has 2 aliphatic rings. The lowest BCUT2D eigenvalue weighted by molar-refractivity contribution is 0.180. The molecule has 0 heterocycles. The average molecular weight is 195 g/mol. The van der Waals surface area contributed by atoms with Crippen molar-refractivity contribution >= 4 is 0 Å². The normalized spacial score (nSPS) is 49.5. The van der Waals surface area contributed by atoms with Crippen molar-refractivity contribution < 1.29 is 0 Å². The second kappa shape index (κ2) is 4.22. The van der Waals surface area contributed by atoms with Crippen LogP contribution in [0.3, 0.4) is 0 Å². The monoisotopic (exact) mass is 195 g/mol. The number of nitrogens with two attached hydrogens (primary N) is 1. The summed E-state index contributed by atoms with van der Waals surface area (Å²) in [6.07, 6.45) is 8.55. The van der Waals surface area contributed by atoms with Crippen molar-refractivity contribution in [3.8, 4) is 0 Å². The van der Waals surface area contributed by atoms with Crippen molar-refractivity contribution in [3.05, 3.63) is 0 Å². The summed E-state index contributed by atoms with van der Waals surface area (Å²) >= 11 is 0. The second-order valence-corrected chi connectivity index (χ2v) is 5.78. The smallest absolute Gasteiger partial charge is 0.00673 e. The van der Waals surface area contributed by atoms with Gasteiger partial charge in [-0.2, -0.15) is 0 Å². The van der Waals surface area contributed by atoms with Crippen molar-refractivity contribution in [1.29, 1.82) is 0 Å². The number of rotatable bonds is 1. The van der Waals surface area contributed by atoms with Gasteiger partial charge in [0.25, 0.3) is 0 Å². The van der Waals surface area contributed by atoms with Crippen LogP contribution in [0.25, 0.3) is 0 Å². The molecule has 3 unspecified atom stereocenters. The van der Waals surface area contributed by atoms with Crippen molar-refractivity contribution in [2.24, 2.45) is 29.4 Å². The van der Waals surface area contributed by atoms with Gasteiger partial charge in [-0.05, 0) is 49.4 Å². The Kier molecular flexibility index (Phi) is 3.16. The topological polar surface area (TPSA) is 26.0 Å². The summed E-state index contributed by atoms with van der Waals surface area (Å²) in [4.78, 5) is 0. The molecule has 0 amide bonds. The summed E-state index contributed by atoms with van der Waals surface area (Å²) in [7, 11) is 0. The van der Waals surface area contributed by atoms with E-state index in [9.17, 15) is 0 Å². The van der Waals surface area contributed by atoms with Crippen LogP contribution in [0.2, 0.25) is 0 Å². The van der Waals surface area contributed by atoms with Crippen LogP contribution in [0.1, 0.15) is 52.4 Å². The highest BCUT2D eigenvalue weighted by atomic mass is 14.7. The molecule has 14 heavy (non-hydrogen) atoms. The Balaban J connectivity index is 1.89. The summed E-state index contributed by atoms with van der Waals surface area (Å²) in [5, 5.41) is 0. The van der Waals surface area contributed by atoms with E-state index >= 15 is 0 Å². The van der Waals surface area contributed by atoms with Gasteiger partial charge in [0, 0.05) is 6.04 Å². The lowest BCUT2D eigenvalue weighted by Crippen LogP contribution is -2.29. The molecule has 0 aromatic rings. The molecule has 3 atom stereocenters. The summed E-state index contributed by atoms with van der Waals surface area (Å²) in [6.45, 7) is 4.78. The van der Waals surface area contributed by atoms with Crippen LogP contribution in [0.5, 0.6) is 0 Å². The fraction of sp³-hybridized carbons (Fsp3) is 1.00. The molecule has 0 aromatic carbocycles. The Morgan fingerprint density at radius 2 is 1.50 bits per heavy atom. The molecule has 2 N–H and O–H groups in total. The molecular weight excluding hydrogens is 170 g/mol. The Hall–Kier alpha value is -0.0400. The van der Waals surface area contributed by atoms with E-state index < -0.39 is 0 Å². The molecule has 82 valence electrons. The molecule has 0 bridgehead atoms. The van der Waals surface area contributed by atoms with Crippen molar-refractivity contribution in [1.82, 2.24) is 0 Å². The predicted octanol–water partition coefficient (Wildman–Crippen LogP) is 3.19. The van der Waals surface area contributed by atoms with Crippen molar-refractivity contribution in [2.45, 2.75) is 58.4 Å². The Labute approximate surface area is 88.4 Å². The van der Waals surface area contributed by atoms with Crippen LogP contribution in [0.4, 0.5) is 0 Å². The minimum atomic E-state index is 0.499. The number of hydrogen-bond acceptors (Lipinski definition) is 1. The van der Waals surface area contributed by atoms with E-state index in [1.165, 1.54) is 38.5 Å². The first-order chi connectivity index (χ1) is 6.68. The predicted molar refractivity (Wildman–Crippen MR) is 61.0 cm³/mol. The highest BCUT2D eigenvalue weighted by Crippen LogP contribution is 2.43. The summed E-state index contributed by atoms with van der Waals surface area (Å²) in [5.74, 6) is 3.73. The van der Waals surface area contributed by atoms with Crippen LogP contribution < -0.4 is 5.73 Å². The molecule has 2 aliphatic carbocycles. The Morgan fingerprint density at radius 3 is 2.00 bits per heavy atom. The van der Waals surface area contributed by atoms with Gasteiger partial charge >= 0.3 is 0 Å². The first kappa shape index (κ1) is 10.5. The summed E-state index contributed by atoms with van der Waals surface area (Å²) < 4.78 is 0. The molecule has 0 radical (unpaired) electrons. The van der Waals surface area contributed by atoms with E-state index in [1.54, 1.807) is 0 Å².